The normalized spacial score (nSPS) is 17.5. The monoisotopic (exact) mass is 222 g/mol. The highest BCUT2D eigenvalue weighted by Gasteiger charge is 2.16. The van der Waals surface area contributed by atoms with Gasteiger partial charge in [-0.05, 0) is 19.2 Å². The lowest BCUT2D eigenvalue weighted by Gasteiger charge is -2.33. The van der Waals surface area contributed by atoms with Gasteiger partial charge in [0.15, 0.2) is 0 Å². The van der Waals surface area contributed by atoms with Crippen molar-refractivity contribution < 1.29 is 4.74 Å². The number of nitrogens with two attached hydrogens (primary N) is 1. The van der Waals surface area contributed by atoms with E-state index in [9.17, 15) is 0 Å². The Morgan fingerprint density at radius 1 is 1.25 bits per heavy atom. The van der Waals surface area contributed by atoms with Crippen LogP contribution in [0, 0.1) is 0 Å². The van der Waals surface area contributed by atoms with Crippen LogP contribution in [-0.4, -0.2) is 50.2 Å². The first kappa shape index (κ1) is 11.0. The van der Waals surface area contributed by atoms with Gasteiger partial charge in [0, 0.05) is 26.2 Å². The predicted octanol–water partition coefficient (Wildman–Crippen LogP) is 0.424. The van der Waals surface area contributed by atoms with E-state index in [1.54, 1.807) is 7.11 Å². The van der Waals surface area contributed by atoms with Gasteiger partial charge >= 0.3 is 0 Å². The number of anilines is 2. The summed E-state index contributed by atoms with van der Waals surface area (Å²) in [6.07, 6.45) is 0. The van der Waals surface area contributed by atoms with Crippen molar-refractivity contribution >= 4 is 11.5 Å². The predicted molar refractivity (Wildman–Crippen MR) is 64.9 cm³/mol. The highest BCUT2D eigenvalue weighted by Crippen LogP contribution is 2.23. The maximum absolute atomic E-state index is 5.74. The molecular formula is C11H18N4O. The fourth-order valence-corrected chi connectivity index (χ4v) is 1.82. The lowest BCUT2D eigenvalue weighted by atomic mass is 10.3. The number of hydrogen-bond donors (Lipinski definition) is 1. The zero-order valence-corrected chi connectivity index (χ0v) is 9.81. The molecule has 0 bridgehead atoms. The molecule has 2 heterocycles. The molecule has 0 aromatic carbocycles. The third kappa shape index (κ3) is 2.19. The summed E-state index contributed by atoms with van der Waals surface area (Å²) in [5, 5.41) is 0. The maximum atomic E-state index is 5.74. The Balaban J connectivity index is 2.14. The van der Waals surface area contributed by atoms with Crippen LogP contribution in [0.2, 0.25) is 0 Å². The summed E-state index contributed by atoms with van der Waals surface area (Å²) >= 11 is 0. The van der Waals surface area contributed by atoms with E-state index in [0.717, 1.165) is 32.0 Å². The number of nitrogens with zero attached hydrogens (tertiary/aromatic N) is 3. The van der Waals surface area contributed by atoms with Gasteiger partial charge < -0.3 is 20.3 Å². The zero-order chi connectivity index (χ0) is 11.5. The van der Waals surface area contributed by atoms with Crippen LogP contribution in [0.5, 0.6) is 5.88 Å². The number of likely N-dealkylation sites (N-methyl/N-ethyl adjacent to an activating group) is 1. The van der Waals surface area contributed by atoms with Gasteiger partial charge in [-0.1, -0.05) is 0 Å². The van der Waals surface area contributed by atoms with Gasteiger partial charge in [-0.3, -0.25) is 0 Å². The number of rotatable bonds is 2. The summed E-state index contributed by atoms with van der Waals surface area (Å²) < 4.78 is 5.12. The van der Waals surface area contributed by atoms with Gasteiger partial charge in [0.05, 0.1) is 12.8 Å². The summed E-state index contributed by atoms with van der Waals surface area (Å²) in [5.74, 6) is 1.45. The Morgan fingerprint density at radius 2 is 1.94 bits per heavy atom. The maximum Gasteiger partial charge on any atom is 0.238 e. The number of methoxy groups -OCH3 is 1. The molecule has 5 nitrogen and oxygen atoms in total. The van der Waals surface area contributed by atoms with Crippen LogP contribution >= 0.6 is 0 Å². The third-order valence-electron chi connectivity index (χ3n) is 2.90. The second kappa shape index (κ2) is 4.57. The first-order chi connectivity index (χ1) is 7.70. The van der Waals surface area contributed by atoms with Gasteiger partial charge in [0.1, 0.15) is 5.82 Å². The third-order valence-corrected chi connectivity index (χ3v) is 2.90. The average Bonchev–Trinajstić information content (AvgIpc) is 2.31. The minimum atomic E-state index is 0.511. The Morgan fingerprint density at radius 3 is 2.56 bits per heavy atom. The molecule has 0 atom stereocenters. The Kier molecular flexibility index (Phi) is 3.14. The summed E-state index contributed by atoms with van der Waals surface area (Å²) in [4.78, 5) is 8.96. The van der Waals surface area contributed by atoms with Crippen LogP contribution in [0.4, 0.5) is 11.5 Å². The van der Waals surface area contributed by atoms with Crippen LogP contribution in [0.15, 0.2) is 12.1 Å². The molecule has 1 saturated heterocycles. The van der Waals surface area contributed by atoms with Crippen LogP contribution in [0.1, 0.15) is 0 Å². The molecule has 2 rings (SSSR count). The van der Waals surface area contributed by atoms with E-state index in [4.69, 9.17) is 10.5 Å². The van der Waals surface area contributed by atoms with Crippen LogP contribution < -0.4 is 15.4 Å². The summed E-state index contributed by atoms with van der Waals surface area (Å²) in [5.41, 5.74) is 6.32. The molecule has 0 unspecified atom stereocenters. The molecule has 1 aliphatic heterocycles. The van der Waals surface area contributed by atoms with Gasteiger partial charge in [0.2, 0.25) is 5.88 Å². The van der Waals surface area contributed by atoms with Gasteiger partial charge in [-0.25, -0.2) is 0 Å². The number of piperazine rings is 1. The van der Waals surface area contributed by atoms with E-state index in [-0.39, 0.29) is 0 Å². The van der Waals surface area contributed by atoms with Crippen molar-refractivity contribution in [2.24, 2.45) is 0 Å². The fourth-order valence-electron chi connectivity index (χ4n) is 1.82. The second-order valence-electron chi connectivity index (χ2n) is 4.06. The summed E-state index contributed by atoms with van der Waals surface area (Å²) in [6, 6.07) is 3.79. The van der Waals surface area contributed by atoms with Crippen molar-refractivity contribution in [3.05, 3.63) is 12.1 Å². The van der Waals surface area contributed by atoms with E-state index in [0.29, 0.717) is 11.6 Å². The standard InChI is InChI=1S/C11H18N4O/c1-14-5-7-15(8-6-14)10-4-3-9(12)11(13-10)16-2/h3-4H,5-8,12H2,1-2H3. The largest absolute Gasteiger partial charge is 0.479 e. The SMILES string of the molecule is COc1nc(N2CCN(C)CC2)ccc1N. The summed E-state index contributed by atoms with van der Waals surface area (Å²) in [7, 11) is 3.72. The van der Waals surface area contributed by atoms with Gasteiger partial charge in [-0.15, -0.1) is 0 Å². The van der Waals surface area contributed by atoms with Crippen molar-refractivity contribution in [3.63, 3.8) is 0 Å². The molecule has 1 fully saturated rings. The van der Waals surface area contributed by atoms with Crippen LogP contribution in [0.3, 0.4) is 0 Å². The van der Waals surface area contributed by atoms with Crippen molar-refractivity contribution in [2.45, 2.75) is 0 Å². The molecule has 0 spiro atoms. The molecule has 0 radical (unpaired) electrons. The van der Waals surface area contributed by atoms with E-state index in [1.165, 1.54) is 0 Å². The molecule has 2 N–H and O–H groups in total. The van der Waals surface area contributed by atoms with Crippen molar-refractivity contribution in [2.75, 3.05) is 51.0 Å². The highest BCUT2D eigenvalue weighted by molar-refractivity contribution is 5.54. The average molecular weight is 222 g/mol. The minimum absolute atomic E-state index is 0.511. The Labute approximate surface area is 95.8 Å². The number of pyridine rings is 1. The first-order valence-electron chi connectivity index (χ1n) is 5.44. The molecule has 5 heteroatoms. The van der Waals surface area contributed by atoms with E-state index in [2.05, 4.69) is 21.8 Å². The molecule has 0 saturated carbocycles. The van der Waals surface area contributed by atoms with E-state index in [1.807, 2.05) is 12.1 Å². The molecule has 1 aromatic heterocycles. The first-order valence-corrected chi connectivity index (χ1v) is 5.44. The molecular weight excluding hydrogens is 204 g/mol. The zero-order valence-electron chi connectivity index (χ0n) is 9.81. The number of nitrogen functional groups attached to an aromatic ring is 1. The van der Waals surface area contributed by atoms with Gasteiger partial charge in [-0.2, -0.15) is 4.98 Å². The lowest BCUT2D eigenvalue weighted by Crippen LogP contribution is -2.44. The molecule has 1 aliphatic rings. The molecule has 0 aliphatic carbocycles. The van der Waals surface area contributed by atoms with E-state index >= 15 is 0 Å². The lowest BCUT2D eigenvalue weighted by molar-refractivity contribution is 0.311. The molecule has 0 amide bonds. The summed E-state index contributed by atoms with van der Waals surface area (Å²) in [6.45, 7) is 4.12. The molecule has 16 heavy (non-hydrogen) atoms. The quantitative estimate of drug-likeness (QED) is 0.786. The number of aromatic nitrogens is 1. The Hall–Kier alpha value is -1.49. The van der Waals surface area contributed by atoms with Crippen molar-refractivity contribution in [1.82, 2.24) is 9.88 Å². The minimum Gasteiger partial charge on any atom is -0.479 e. The fraction of sp³-hybridized carbons (Fsp3) is 0.545. The Bertz CT molecular complexity index is 361. The van der Waals surface area contributed by atoms with Crippen LogP contribution in [-0.2, 0) is 0 Å². The van der Waals surface area contributed by atoms with Crippen LogP contribution in [0.25, 0.3) is 0 Å². The van der Waals surface area contributed by atoms with Crippen molar-refractivity contribution in [3.8, 4) is 5.88 Å². The van der Waals surface area contributed by atoms with E-state index < -0.39 is 0 Å². The molecule has 1 aromatic rings. The number of hydrogen-bond acceptors (Lipinski definition) is 5. The van der Waals surface area contributed by atoms with Gasteiger partial charge in [0.25, 0.3) is 0 Å². The molecule has 88 valence electrons. The second-order valence-corrected chi connectivity index (χ2v) is 4.06. The number of ether oxygens (including phenoxy) is 1. The van der Waals surface area contributed by atoms with Crippen molar-refractivity contribution in [1.29, 1.82) is 0 Å². The topological polar surface area (TPSA) is 54.6 Å². The highest BCUT2D eigenvalue weighted by atomic mass is 16.5. The smallest absolute Gasteiger partial charge is 0.238 e.